The van der Waals surface area contributed by atoms with Crippen LogP contribution in [0.5, 0.6) is 0 Å². The van der Waals surface area contributed by atoms with Crippen molar-refractivity contribution in [2.24, 2.45) is 0 Å². The zero-order chi connectivity index (χ0) is 17.4. The van der Waals surface area contributed by atoms with Gasteiger partial charge in [-0.2, -0.15) is 0 Å². The smallest absolute Gasteiger partial charge is 0.325 e. The summed E-state index contributed by atoms with van der Waals surface area (Å²) in [7, 11) is 0. The zero-order valence-electron chi connectivity index (χ0n) is 12.7. The van der Waals surface area contributed by atoms with Crippen LogP contribution in [0.2, 0.25) is 10.0 Å². The van der Waals surface area contributed by atoms with E-state index in [1.165, 1.54) is 12.1 Å². The van der Waals surface area contributed by atoms with Gasteiger partial charge in [-0.3, -0.25) is 9.59 Å². The molecule has 4 nitrogen and oxygen atoms in total. The first kappa shape index (κ1) is 18.0. The van der Waals surface area contributed by atoms with E-state index in [-0.39, 0.29) is 23.7 Å². The first-order chi connectivity index (χ1) is 11.6. The molecule has 0 aliphatic rings. The molecule has 0 bridgehead atoms. The van der Waals surface area contributed by atoms with E-state index in [4.69, 9.17) is 27.9 Å². The summed E-state index contributed by atoms with van der Waals surface area (Å²) in [6.07, 6.45) is 3.57. The molecular formula is C18H15Cl2NO3. The highest BCUT2D eigenvalue weighted by Crippen LogP contribution is 2.20. The number of benzene rings is 2. The van der Waals surface area contributed by atoms with Crippen LogP contribution in [0.25, 0.3) is 6.08 Å². The normalized spacial score (nSPS) is 10.6. The van der Waals surface area contributed by atoms with Crippen molar-refractivity contribution >= 4 is 41.2 Å². The molecule has 124 valence electrons. The second kappa shape index (κ2) is 9.11. The van der Waals surface area contributed by atoms with Crippen molar-refractivity contribution in [2.45, 2.75) is 0 Å². The molecule has 0 saturated carbocycles. The summed E-state index contributed by atoms with van der Waals surface area (Å²) in [5.74, 6) is -1.00. The van der Waals surface area contributed by atoms with Gasteiger partial charge in [0.05, 0.1) is 10.6 Å². The van der Waals surface area contributed by atoms with Crippen molar-refractivity contribution in [3.63, 3.8) is 0 Å². The van der Waals surface area contributed by atoms with Gasteiger partial charge >= 0.3 is 5.97 Å². The van der Waals surface area contributed by atoms with E-state index in [9.17, 15) is 9.59 Å². The predicted octanol–water partition coefficient (Wildman–Crippen LogP) is 3.98. The Hall–Kier alpha value is -2.30. The van der Waals surface area contributed by atoms with E-state index in [0.29, 0.717) is 5.02 Å². The molecule has 6 heteroatoms. The quantitative estimate of drug-likeness (QED) is 0.789. The summed E-state index contributed by atoms with van der Waals surface area (Å²) in [6.45, 7) is -0.109. The third-order valence-electron chi connectivity index (χ3n) is 3.02. The largest absolute Gasteiger partial charge is 0.460 e. The van der Waals surface area contributed by atoms with Crippen molar-refractivity contribution < 1.29 is 14.3 Å². The van der Waals surface area contributed by atoms with Gasteiger partial charge in [0.15, 0.2) is 0 Å². The van der Waals surface area contributed by atoms with Gasteiger partial charge in [0.25, 0.3) is 5.91 Å². The molecule has 1 amide bonds. The second-order valence-corrected chi connectivity index (χ2v) is 5.65. The number of halogens is 2. The maximum Gasteiger partial charge on any atom is 0.325 e. The summed E-state index contributed by atoms with van der Waals surface area (Å²) >= 11 is 11.7. The molecule has 1 N–H and O–H groups in total. The van der Waals surface area contributed by atoms with Crippen LogP contribution in [-0.2, 0) is 9.53 Å². The van der Waals surface area contributed by atoms with Crippen LogP contribution in [0.4, 0.5) is 0 Å². The summed E-state index contributed by atoms with van der Waals surface area (Å²) in [5.41, 5.74) is 1.26. The third-order valence-corrected chi connectivity index (χ3v) is 3.57. The lowest BCUT2D eigenvalue weighted by Gasteiger charge is -2.06. The molecule has 0 unspecified atom stereocenters. The molecule has 0 aliphatic carbocycles. The van der Waals surface area contributed by atoms with Gasteiger partial charge in [0.2, 0.25) is 0 Å². The Morgan fingerprint density at radius 1 is 1.08 bits per heavy atom. The fourth-order valence-electron chi connectivity index (χ4n) is 1.86. The summed E-state index contributed by atoms with van der Waals surface area (Å²) in [4.78, 5) is 23.5. The molecular weight excluding hydrogens is 349 g/mol. The fourth-order valence-corrected chi connectivity index (χ4v) is 2.36. The molecule has 0 radical (unpaired) electrons. The number of carbonyl (C=O) groups excluding carboxylic acids is 2. The Kier molecular flexibility index (Phi) is 6.85. The number of rotatable bonds is 6. The van der Waals surface area contributed by atoms with E-state index in [2.05, 4.69) is 5.32 Å². The fraction of sp³-hybridized carbons (Fsp3) is 0.111. The number of esters is 1. The Labute approximate surface area is 150 Å². The second-order valence-electron chi connectivity index (χ2n) is 4.80. The highest BCUT2D eigenvalue weighted by Gasteiger charge is 2.12. The van der Waals surface area contributed by atoms with Crippen LogP contribution in [0.3, 0.4) is 0 Å². The Bertz CT molecular complexity index is 745. The van der Waals surface area contributed by atoms with Crippen molar-refractivity contribution in [2.75, 3.05) is 13.2 Å². The number of hydrogen-bond acceptors (Lipinski definition) is 3. The SMILES string of the molecule is O=C(CNC(=O)c1ccc(Cl)cc1Cl)OC/C=C/c1ccccc1. The number of hydrogen-bond donors (Lipinski definition) is 1. The van der Waals surface area contributed by atoms with Crippen LogP contribution in [0.1, 0.15) is 15.9 Å². The lowest BCUT2D eigenvalue weighted by Crippen LogP contribution is -2.30. The van der Waals surface area contributed by atoms with E-state index >= 15 is 0 Å². The van der Waals surface area contributed by atoms with Crippen LogP contribution >= 0.6 is 23.2 Å². The van der Waals surface area contributed by atoms with Crippen molar-refractivity contribution in [1.82, 2.24) is 5.32 Å². The molecule has 0 aliphatic heterocycles. The number of amides is 1. The van der Waals surface area contributed by atoms with Crippen LogP contribution in [0.15, 0.2) is 54.6 Å². The van der Waals surface area contributed by atoms with Gasteiger partial charge in [-0.15, -0.1) is 0 Å². The van der Waals surface area contributed by atoms with Crippen molar-refractivity contribution in [3.8, 4) is 0 Å². The van der Waals surface area contributed by atoms with Crippen LogP contribution < -0.4 is 5.32 Å². The topological polar surface area (TPSA) is 55.4 Å². The van der Waals surface area contributed by atoms with E-state index < -0.39 is 11.9 Å². The average molecular weight is 364 g/mol. The first-order valence-corrected chi connectivity index (χ1v) is 7.92. The Morgan fingerprint density at radius 2 is 1.83 bits per heavy atom. The maximum absolute atomic E-state index is 11.9. The zero-order valence-corrected chi connectivity index (χ0v) is 14.2. The molecule has 2 rings (SSSR count). The third kappa shape index (κ3) is 5.72. The number of carbonyl (C=O) groups is 2. The van der Waals surface area contributed by atoms with Gasteiger partial charge < -0.3 is 10.1 Å². The van der Waals surface area contributed by atoms with Gasteiger partial charge in [-0.1, -0.05) is 59.6 Å². The average Bonchev–Trinajstić information content (AvgIpc) is 2.57. The van der Waals surface area contributed by atoms with E-state index in [0.717, 1.165) is 5.56 Å². The minimum atomic E-state index is -0.536. The van der Waals surface area contributed by atoms with Gasteiger partial charge in [-0.25, -0.2) is 0 Å². The number of nitrogens with one attached hydrogen (secondary N) is 1. The summed E-state index contributed by atoms with van der Waals surface area (Å²) in [5, 5.41) is 3.11. The molecule has 0 saturated heterocycles. The van der Waals surface area contributed by atoms with Crippen molar-refractivity contribution in [1.29, 1.82) is 0 Å². The summed E-state index contributed by atoms with van der Waals surface area (Å²) in [6, 6.07) is 14.1. The standard InChI is InChI=1S/C18H15Cl2NO3/c19-14-8-9-15(16(20)11-14)18(23)21-12-17(22)24-10-4-7-13-5-2-1-3-6-13/h1-9,11H,10,12H2,(H,21,23)/b7-4+. The Morgan fingerprint density at radius 3 is 2.54 bits per heavy atom. The highest BCUT2D eigenvalue weighted by atomic mass is 35.5. The van der Waals surface area contributed by atoms with Crippen LogP contribution in [-0.4, -0.2) is 25.0 Å². The molecule has 0 heterocycles. The molecule has 0 atom stereocenters. The van der Waals surface area contributed by atoms with E-state index in [1.54, 1.807) is 12.1 Å². The minimum Gasteiger partial charge on any atom is -0.460 e. The van der Waals surface area contributed by atoms with Gasteiger partial charge in [0.1, 0.15) is 13.2 Å². The lowest BCUT2D eigenvalue weighted by molar-refractivity contribution is -0.141. The predicted molar refractivity (Wildman–Crippen MR) is 95.2 cm³/mol. The molecule has 24 heavy (non-hydrogen) atoms. The summed E-state index contributed by atoms with van der Waals surface area (Å²) < 4.78 is 5.00. The molecule has 0 aromatic heterocycles. The number of ether oxygens (including phenoxy) is 1. The monoisotopic (exact) mass is 363 g/mol. The van der Waals surface area contributed by atoms with Gasteiger partial charge in [-0.05, 0) is 29.8 Å². The molecule has 2 aromatic carbocycles. The van der Waals surface area contributed by atoms with Crippen molar-refractivity contribution in [3.05, 3.63) is 75.8 Å². The van der Waals surface area contributed by atoms with Gasteiger partial charge in [0, 0.05) is 5.02 Å². The highest BCUT2D eigenvalue weighted by molar-refractivity contribution is 6.36. The lowest BCUT2D eigenvalue weighted by atomic mass is 10.2. The molecule has 2 aromatic rings. The Balaban J connectivity index is 1.74. The molecule has 0 spiro atoms. The van der Waals surface area contributed by atoms with Crippen LogP contribution in [0, 0.1) is 0 Å². The maximum atomic E-state index is 11.9. The minimum absolute atomic E-state index is 0.130. The van der Waals surface area contributed by atoms with E-state index in [1.807, 2.05) is 36.4 Å². The first-order valence-electron chi connectivity index (χ1n) is 7.17. The molecule has 0 fully saturated rings.